The molecule has 1 saturated heterocycles. The number of hydrogen-bond acceptors (Lipinski definition) is 8. The highest BCUT2D eigenvalue weighted by Gasteiger charge is 2.33. The zero-order chi connectivity index (χ0) is 44.6. The summed E-state index contributed by atoms with van der Waals surface area (Å²) in [5.74, 6) is 7.17. The standard InChI is InChI=1S/C48H56N8O6/c1-30(2)40(54-44(58)41(35-13-10-9-11-14-35)55-46(60)62-48(6,7)8)43-50-28-37(53-43)34-24-20-32(21-25-34)17-16-31-18-22-33(23-19-31)36-27-49-42(52-36)38-15-12-26-56(38)39(57)29-51-45(59)61-47(3,4)5/h9-11,13-14,18-25,27-28,30,38,40-41H,12,15,26,29H2,1-8H3,(H,49,52)(H,50,53)(H,51,59)(H,54,58)(H,55,60)/t38-,40-,41+/m0/s1. The Bertz CT molecular complexity index is 2400. The molecule has 14 nitrogen and oxygen atoms in total. The smallest absolute Gasteiger partial charge is 0.408 e. The Balaban J connectivity index is 1.06. The number of nitrogens with one attached hydrogen (secondary N) is 5. The number of ether oxygens (including phenoxy) is 2. The molecule has 2 aromatic heterocycles. The molecule has 0 saturated carbocycles. The van der Waals surface area contributed by atoms with E-state index >= 15 is 0 Å². The molecule has 3 atom stereocenters. The maximum Gasteiger partial charge on any atom is 0.408 e. The quantitative estimate of drug-likeness (QED) is 0.0826. The van der Waals surface area contributed by atoms with E-state index in [1.54, 1.807) is 71.0 Å². The Morgan fingerprint density at radius 2 is 1.32 bits per heavy atom. The lowest BCUT2D eigenvalue weighted by Crippen LogP contribution is -2.44. The van der Waals surface area contributed by atoms with Gasteiger partial charge in [-0.05, 0) is 101 Å². The first kappa shape index (κ1) is 44.7. The summed E-state index contributed by atoms with van der Waals surface area (Å²) in [6.07, 6.45) is 3.82. The van der Waals surface area contributed by atoms with Gasteiger partial charge in [0.15, 0.2) is 0 Å². The fourth-order valence-electron chi connectivity index (χ4n) is 6.98. The number of alkyl carbamates (subject to hydrolysis) is 2. The zero-order valence-corrected chi connectivity index (χ0v) is 36.6. The summed E-state index contributed by atoms with van der Waals surface area (Å²) in [5.41, 5.74) is 4.39. The third-order valence-corrected chi connectivity index (χ3v) is 9.92. The van der Waals surface area contributed by atoms with Crippen LogP contribution in [0.15, 0.2) is 91.3 Å². The number of H-pyrrole nitrogens is 2. The van der Waals surface area contributed by atoms with Crippen LogP contribution in [0.3, 0.4) is 0 Å². The van der Waals surface area contributed by atoms with Crippen LogP contribution in [0, 0.1) is 17.8 Å². The molecule has 0 bridgehead atoms. The van der Waals surface area contributed by atoms with Crippen LogP contribution in [0.5, 0.6) is 0 Å². The van der Waals surface area contributed by atoms with Gasteiger partial charge in [0.2, 0.25) is 11.8 Å². The molecule has 1 aliphatic heterocycles. The molecule has 0 radical (unpaired) electrons. The van der Waals surface area contributed by atoms with Gasteiger partial charge in [0.05, 0.1) is 35.9 Å². The highest BCUT2D eigenvalue weighted by atomic mass is 16.6. The van der Waals surface area contributed by atoms with E-state index in [2.05, 4.69) is 47.7 Å². The van der Waals surface area contributed by atoms with Gasteiger partial charge >= 0.3 is 12.2 Å². The topological polar surface area (TPSA) is 183 Å². The SMILES string of the molecule is CC(C)[C@H](NC(=O)[C@H](NC(=O)OC(C)(C)C)c1ccccc1)c1ncc(-c2ccc(C#Cc3ccc(-c4cnc([C@@H]5CCCN5C(=O)CNC(=O)OC(C)(C)C)[nH]4)cc3)cc2)[nH]1. The number of imidazole rings is 2. The van der Waals surface area contributed by atoms with Crippen LogP contribution in [-0.2, 0) is 19.1 Å². The molecule has 0 unspecified atom stereocenters. The number of rotatable bonds is 11. The molecule has 3 aromatic carbocycles. The van der Waals surface area contributed by atoms with E-state index in [1.807, 2.05) is 80.6 Å². The lowest BCUT2D eigenvalue weighted by atomic mass is 10.0. The molecule has 0 spiro atoms. The Hall–Kier alpha value is -6.88. The minimum atomic E-state index is -0.977. The van der Waals surface area contributed by atoms with Crippen LogP contribution in [0.25, 0.3) is 22.5 Å². The molecular formula is C48H56N8O6. The van der Waals surface area contributed by atoms with Gasteiger partial charge < -0.3 is 40.3 Å². The summed E-state index contributed by atoms with van der Waals surface area (Å²) in [6.45, 7) is 15.1. The van der Waals surface area contributed by atoms with Gasteiger partial charge in [-0.25, -0.2) is 19.6 Å². The average molecular weight is 841 g/mol. The highest BCUT2D eigenvalue weighted by molar-refractivity contribution is 5.87. The van der Waals surface area contributed by atoms with Crippen molar-refractivity contribution in [1.82, 2.24) is 40.8 Å². The van der Waals surface area contributed by atoms with Crippen molar-refractivity contribution in [3.05, 3.63) is 120 Å². The van der Waals surface area contributed by atoms with Crippen molar-refractivity contribution in [2.75, 3.05) is 13.1 Å². The Kier molecular flexibility index (Phi) is 13.9. The second kappa shape index (κ2) is 19.2. The van der Waals surface area contributed by atoms with Crippen LogP contribution in [0.1, 0.15) is 115 Å². The third kappa shape index (κ3) is 12.1. The van der Waals surface area contributed by atoms with Crippen molar-refractivity contribution in [3.8, 4) is 34.4 Å². The summed E-state index contributed by atoms with van der Waals surface area (Å²) in [4.78, 5) is 69.4. The molecule has 4 amide bonds. The first-order valence-corrected chi connectivity index (χ1v) is 20.9. The largest absolute Gasteiger partial charge is 0.444 e. The van der Waals surface area contributed by atoms with Crippen LogP contribution >= 0.6 is 0 Å². The maximum atomic E-state index is 13.8. The Labute approximate surface area is 363 Å². The zero-order valence-electron chi connectivity index (χ0n) is 36.6. The molecule has 1 aliphatic rings. The van der Waals surface area contributed by atoms with Crippen molar-refractivity contribution in [1.29, 1.82) is 0 Å². The van der Waals surface area contributed by atoms with Crippen LogP contribution in [0.4, 0.5) is 9.59 Å². The van der Waals surface area contributed by atoms with Gasteiger partial charge in [-0.3, -0.25) is 9.59 Å². The van der Waals surface area contributed by atoms with Crippen LogP contribution in [0.2, 0.25) is 0 Å². The maximum absolute atomic E-state index is 13.8. The predicted molar refractivity (Wildman–Crippen MR) is 236 cm³/mol. The number of nitrogens with zero attached hydrogens (tertiary/aromatic N) is 3. The highest BCUT2D eigenvalue weighted by Crippen LogP contribution is 2.32. The van der Waals surface area contributed by atoms with Gasteiger partial charge in [0.25, 0.3) is 0 Å². The van der Waals surface area contributed by atoms with E-state index < -0.39 is 35.5 Å². The number of aromatic amines is 2. The van der Waals surface area contributed by atoms with E-state index in [0.29, 0.717) is 23.8 Å². The first-order chi connectivity index (χ1) is 29.4. The Morgan fingerprint density at radius 1 is 0.758 bits per heavy atom. The van der Waals surface area contributed by atoms with Crippen molar-refractivity contribution in [2.24, 2.45) is 5.92 Å². The van der Waals surface area contributed by atoms with E-state index in [1.165, 1.54) is 0 Å². The first-order valence-electron chi connectivity index (χ1n) is 20.9. The molecular weight excluding hydrogens is 785 g/mol. The second-order valence-corrected chi connectivity index (χ2v) is 17.6. The van der Waals surface area contributed by atoms with Crippen molar-refractivity contribution < 1.29 is 28.7 Å². The second-order valence-electron chi connectivity index (χ2n) is 17.6. The summed E-state index contributed by atoms with van der Waals surface area (Å²) in [6, 6.07) is 23.1. The molecule has 0 aliphatic carbocycles. The van der Waals surface area contributed by atoms with Gasteiger partial charge in [0, 0.05) is 17.7 Å². The molecule has 1 fully saturated rings. The number of carbonyl (C=O) groups is 4. The normalized spacial score (nSPS) is 14.9. The van der Waals surface area contributed by atoms with Gasteiger partial charge in [-0.2, -0.15) is 0 Å². The fraction of sp³-hybridized carbons (Fsp3) is 0.375. The number of amides is 4. The van der Waals surface area contributed by atoms with Crippen LogP contribution in [-0.4, -0.2) is 73.1 Å². The summed E-state index contributed by atoms with van der Waals surface area (Å²) < 4.78 is 10.7. The summed E-state index contributed by atoms with van der Waals surface area (Å²) in [7, 11) is 0. The minimum Gasteiger partial charge on any atom is -0.444 e. The number of likely N-dealkylation sites (tertiary alicyclic amines) is 1. The summed E-state index contributed by atoms with van der Waals surface area (Å²) >= 11 is 0. The van der Waals surface area contributed by atoms with Crippen molar-refractivity contribution in [3.63, 3.8) is 0 Å². The number of hydrogen-bond donors (Lipinski definition) is 5. The van der Waals surface area contributed by atoms with E-state index in [4.69, 9.17) is 9.47 Å². The number of benzene rings is 3. The predicted octanol–water partition coefficient (Wildman–Crippen LogP) is 8.13. The lowest BCUT2D eigenvalue weighted by molar-refractivity contribution is -0.131. The van der Waals surface area contributed by atoms with E-state index in [9.17, 15) is 19.2 Å². The van der Waals surface area contributed by atoms with Crippen molar-refractivity contribution >= 4 is 24.0 Å². The Morgan fingerprint density at radius 3 is 1.90 bits per heavy atom. The number of aromatic nitrogens is 4. The third-order valence-electron chi connectivity index (χ3n) is 9.92. The van der Waals surface area contributed by atoms with Crippen LogP contribution < -0.4 is 16.0 Å². The molecule has 5 aromatic rings. The molecule has 6 rings (SSSR count). The lowest BCUT2D eigenvalue weighted by Gasteiger charge is -2.26. The van der Waals surface area contributed by atoms with E-state index in [0.717, 1.165) is 46.5 Å². The molecule has 14 heteroatoms. The minimum absolute atomic E-state index is 0.0260. The average Bonchev–Trinajstić information content (AvgIpc) is 4.02. The van der Waals surface area contributed by atoms with Crippen molar-refractivity contribution in [2.45, 2.75) is 97.6 Å². The van der Waals surface area contributed by atoms with Gasteiger partial charge in [0.1, 0.15) is 35.4 Å². The summed E-state index contributed by atoms with van der Waals surface area (Å²) in [5, 5.41) is 8.39. The number of carbonyl (C=O) groups excluding carboxylic acids is 4. The van der Waals surface area contributed by atoms with E-state index in [-0.39, 0.29) is 30.3 Å². The molecule has 3 heterocycles. The monoisotopic (exact) mass is 840 g/mol. The fourth-order valence-corrected chi connectivity index (χ4v) is 6.98. The van der Waals surface area contributed by atoms with Gasteiger partial charge in [-0.15, -0.1) is 0 Å². The molecule has 5 N–H and O–H groups in total. The molecule has 62 heavy (non-hydrogen) atoms. The molecule has 324 valence electrons. The van der Waals surface area contributed by atoms with Gasteiger partial charge in [-0.1, -0.05) is 80.3 Å².